The highest BCUT2D eigenvalue weighted by molar-refractivity contribution is 5.64. The van der Waals surface area contributed by atoms with Crippen molar-refractivity contribution in [2.24, 2.45) is 0 Å². The van der Waals surface area contributed by atoms with E-state index < -0.39 is 0 Å². The number of halogens is 1. The molecule has 0 bridgehead atoms. The van der Waals surface area contributed by atoms with Crippen LogP contribution in [0.1, 0.15) is 30.9 Å². The smallest absolute Gasteiger partial charge is 0.136 e. The summed E-state index contributed by atoms with van der Waals surface area (Å²) < 4.78 is 14.2. The second kappa shape index (κ2) is 4.08. The quantitative estimate of drug-likeness (QED) is 0.819. The molecular formula is C13H15FN2. The molecule has 1 aromatic carbocycles. The second-order valence-corrected chi connectivity index (χ2v) is 4.29. The lowest BCUT2D eigenvalue weighted by Gasteiger charge is -2.10. The van der Waals surface area contributed by atoms with E-state index in [2.05, 4.69) is 10.2 Å². The third-order valence-electron chi connectivity index (χ3n) is 2.75. The van der Waals surface area contributed by atoms with Crippen molar-refractivity contribution in [3.63, 3.8) is 0 Å². The molecule has 1 N–H and O–H groups in total. The minimum atomic E-state index is -0.148. The molecule has 2 nitrogen and oxygen atoms in total. The maximum absolute atomic E-state index is 14.2. The van der Waals surface area contributed by atoms with E-state index in [1.807, 2.05) is 32.9 Å². The van der Waals surface area contributed by atoms with Gasteiger partial charge in [0, 0.05) is 5.56 Å². The standard InChI is InChI=1S/C13H15FN2/c1-8(2)10-5-4-6-11(12(10)14)13-9(3)7-15-16-13/h4-8H,1-3H3,(H,15,16). The average Bonchev–Trinajstić information content (AvgIpc) is 2.64. The third kappa shape index (κ3) is 1.73. The zero-order valence-corrected chi connectivity index (χ0v) is 9.71. The fourth-order valence-electron chi connectivity index (χ4n) is 1.81. The molecule has 1 aromatic heterocycles. The van der Waals surface area contributed by atoms with E-state index >= 15 is 0 Å². The number of hydrogen-bond acceptors (Lipinski definition) is 1. The van der Waals surface area contributed by atoms with Crippen molar-refractivity contribution in [1.29, 1.82) is 0 Å². The van der Waals surface area contributed by atoms with E-state index in [0.717, 1.165) is 16.8 Å². The molecule has 2 rings (SSSR count). The number of aromatic nitrogens is 2. The molecular weight excluding hydrogens is 203 g/mol. The van der Waals surface area contributed by atoms with Crippen LogP contribution in [0.15, 0.2) is 24.4 Å². The lowest BCUT2D eigenvalue weighted by Crippen LogP contribution is -1.96. The second-order valence-electron chi connectivity index (χ2n) is 4.29. The van der Waals surface area contributed by atoms with Gasteiger partial charge in [0.15, 0.2) is 0 Å². The monoisotopic (exact) mass is 218 g/mol. The van der Waals surface area contributed by atoms with Crippen LogP contribution in [0.2, 0.25) is 0 Å². The van der Waals surface area contributed by atoms with Gasteiger partial charge in [0.1, 0.15) is 5.82 Å². The number of rotatable bonds is 2. The Kier molecular flexibility index (Phi) is 2.77. The topological polar surface area (TPSA) is 28.7 Å². The van der Waals surface area contributed by atoms with Gasteiger partial charge in [-0.2, -0.15) is 5.10 Å². The van der Waals surface area contributed by atoms with E-state index in [1.54, 1.807) is 12.3 Å². The van der Waals surface area contributed by atoms with E-state index in [1.165, 1.54) is 0 Å². The first kappa shape index (κ1) is 10.9. The molecule has 84 valence electrons. The molecule has 0 radical (unpaired) electrons. The molecule has 0 fully saturated rings. The summed E-state index contributed by atoms with van der Waals surface area (Å²) in [7, 11) is 0. The number of H-pyrrole nitrogens is 1. The summed E-state index contributed by atoms with van der Waals surface area (Å²) in [6.45, 7) is 5.89. The Hall–Kier alpha value is -1.64. The summed E-state index contributed by atoms with van der Waals surface area (Å²) in [5, 5.41) is 6.76. The van der Waals surface area contributed by atoms with Gasteiger partial charge < -0.3 is 0 Å². The van der Waals surface area contributed by atoms with Crippen LogP contribution in [0.25, 0.3) is 11.3 Å². The molecule has 2 aromatic rings. The number of benzene rings is 1. The molecule has 1 heterocycles. The van der Waals surface area contributed by atoms with Crippen molar-refractivity contribution < 1.29 is 4.39 Å². The first-order chi connectivity index (χ1) is 7.61. The molecule has 0 spiro atoms. The molecule has 0 aliphatic heterocycles. The first-order valence-corrected chi connectivity index (χ1v) is 5.40. The highest BCUT2D eigenvalue weighted by atomic mass is 19.1. The van der Waals surface area contributed by atoms with Crippen LogP contribution in [0, 0.1) is 12.7 Å². The van der Waals surface area contributed by atoms with Gasteiger partial charge in [-0.05, 0) is 30.0 Å². The molecule has 0 saturated carbocycles. The Balaban J connectivity index is 2.59. The largest absolute Gasteiger partial charge is 0.277 e. The average molecular weight is 218 g/mol. The Labute approximate surface area is 94.5 Å². The fraction of sp³-hybridized carbons (Fsp3) is 0.308. The maximum atomic E-state index is 14.2. The van der Waals surface area contributed by atoms with Crippen LogP contribution in [0.3, 0.4) is 0 Å². The predicted octanol–water partition coefficient (Wildman–Crippen LogP) is 3.65. The molecule has 0 aliphatic rings. The highest BCUT2D eigenvalue weighted by Crippen LogP contribution is 2.28. The van der Waals surface area contributed by atoms with Gasteiger partial charge >= 0.3 is 0 Å². The predicted molar refractivity (Wildman–Crippen MR) is 62.8 cm³/mol. The maximum Gasteiger partial charge on any atom is 0.136 e. The summed E-state index contributed by atoms with van der Waals surface area (Å²) >= 11 is 0. The number of hydrogen-bond donors (Lipinski definition) is 1. The van der Waals surface area contributed by atoms with Gasteiger partial charge in [0.25, 0.3) is 0 Å². The molecule has 0 saturated heterocycles. The van der Waals surface area contributed by atoms with E-state index in [4.69, 9.17) is 0 Å². The van der Waals surface area contributed by atoms with Crippen LogP contribution in [-0.4, -0.2) is 10.2 Å². The number of nitrogens with one attached hydrogen (secondary N) is 1. The molecule has 16 heavy (non-hydrogen) atoms. The van der Waals surface area contributed by atoms with Crippen LogP contribution >= 0.6 is 0 Å². The first-order valence-electron chi connectivity index (χ1n) is 5.40. The molecule has 0 atom stereocenters. The van der Waals surface area contributed by atoms with Crippen LogP contribution in [0.5, 0.6) is 0 Å². The molecule has 3 heteroatoms. The normalized spacial score (nSPS) is 11.1. The van der Waals surface area contributed by atoms with E-state index in [9.17, 15) is 4.39 Å². The van der Waals surface area contributed by atoms with Gasteiger partial charge in [-0.3, -0.25) is 5.10 Å². The van der Waals surface area contributed by atoms with E-state index in [0.29, 0.717) is 5.56 Å². The number of aromatic amines is 1. The van der Waals surface area contributed by atoms with Crippen molar-refractivity contribution in [2.45, 2.75) is 26.7 Å². The van der Waals surface area contributed by atoms with Crippen LogP contribution in [0.4, 0.5) is 4.39 Å². The van der Waals surface area contributed by atoms with Crippen LogP contribution < -0.4 is 0 Å². The van der Waals surface area contributed by atoms with Crippen molar-refractivity contribution in [2.75, 3.05) is 0 Å². The number of aryl methyl sites for hydroxylation is 1. The molecule has 0 amide bonds. The van der Waals surface area contributed by atoms with Crippen molar-refractivity contribution >= 4 is 0 Å². The SMILES string of the molecule is Cc1cn[nH]c1-c1cccc(C(C)C)c1F. The Morgan fingerprint density at radius 3 is 2.62 bits per heavy atom. The van der Waals surface area contributed by atoms with Crippen LogP contribution in [-0.2, 0) is 0 Å². The van der Waals surface area contributed by atoms with Gasteiger partial charge in [0.2, 0.25) is 0 Å². The van der Waals surface area contributed by atoms with Crippen molar-refractivity contribution in [3.05, 3.63) is 41.3 Å². The summed E-state index contributed by atoms with van der Waals surface area (Å²) in [6, 6.07) is 5.49. The molecule has 0 unspecified atom stereocenters. The summed E-state index contributed by atoms with van der Waals surface area (Å²) in [5.74, 6) is 0.0352. The van der Waals surface area contributed by atoms with Crippen molar-refractivity contribution in [3.8, 4) is 11.3 Å². The summed E-state index contributed by atoms with van der Waals surface area (Å²) in [6.07, 6.45) is 1.71. The Morgan fingerprint density at radius 1 is 1.31 bits per heavy atom. The highest BCUT2D eigenvalue weighted by Gasteiger charge is 2.14. The number of nitrogens with zero attached hydrogens (tertiary/aromatic N) is 1. The minimum Gasteiger partial charge on any atom is -0.277 e. The van der Waals surface area contributed by atoms with E-state index in [-0.39, 0.29) is 11.7 Å². The van der Waals surface area contributed by atoms with Crippen molar-refractivity contribution in [1.82, 2.24) is 10.2 Å². The molecule has 0 aliphatic carbocycles. The zero-order chi connectivity index (χ0) is 11.7. The fourth-order valence-corrected chi connectivity index (χ4v) is 1.81. The summed E-state index contributed by atoms with van der Waals surface area (Å²) in [5.41, 5.74) is 3.06. The van der Waals surface area contributed by atoms with Gasteiger partial charge in [0.05, 0.1) is 11.9 Å². The lowest BCUT2D eigenvalue weighted by atomic mass is 9.98. The minimum absolute atomic E-state index is 0.148. The Morgan fingerprint density at radius 2 is 2.06 bits per heavy atom. The van der Waals surface area contributed by atoms with Gasteiger partial charge in [-0.1, -0.05) is 26.0 Å². The lowest BCUT2D eigenvalue weighted by molar-refractivity contribution is 0.601. The zero-order valence-electron chi connectivity index (χ0n) is 9.71. The summed E-state index contributed by atoms with van der Waals surface area (Å²) in [4.78, 5) is 0. The van der Waals surface area contributed by atoms with Gasteiger partial charge in [-0.25, -0.2) is 4.39 Å². The Bertz CT molecular complexity index is 500. The van der Waals surface area contributed by atoms with Gasteiger partial charge in [-0.15, -0.1) is 0 Å². The third-order valence-corrected chi connectivity index (χ3v) is 2.75.